The Morgan fingerprint density at radius 3 is 2.66 bits per heavy atom. The first kappa shape index (κ1) is 19.0. The molecule has 0 unspecified atom stereocenters. The lowest BCUT2D eigenvalue weighted by atomic mass is 10.2. The van der Waals surface area contributed by atoms with Crippen molar-refractivity contribution in [3.8, 4) is 11.4 Å². The Morgan fingerprint density at radius 2 is 1.97 bits per heavy atom. The number of H-pyrrole nitrogens is 1. The van der Waals surface area contributed by atoms with Gasteiger partial charge in [0.1, 0.15) is 23.5 Å². The molecule has 0 bridgehead atoms. The van der Waals surface area contributed by atoms with Gasteiger partial charge in [0, 0.05) is 17.1 Å². The number of anilines is 1. The molecule has 3 N–H and O–H groups in total. The summed E-state index contributed by atoms with van der Waals surface area (Å²) in [6.07, 6.45) is -0.762. The highest BCUT2D eigenvalue weighted by molar-refractivity contribution is 5.93. The monoisotopic (exact) mass is 412 g/mol. The topological polar surface area (TPSA) is 95.6 Å². The van der Waals surface area contributed by atoms with Gasteiger partial charge in [-0.2, -0.15) is 13.2 Å². The smallest absolute Gasteiger partial charge is 0.353 e. The van der Waals surface area contributed by atoms with Crippen molar-refractivity contribution in [2.24, 2.45) is 0 Å². The molecule has 29 heavy (non-hydrogen) atoms. The number of fused-ring (bicyclic) bond motifs is 1. The summed E-state index contributed by atoms with van der Waals surface area (Å²) in [5, 5.41) is 4.75. The van der Waals surface area contributed by atoms with Crippen LogP contribution in [0.15, 0.2) is 24.7 Å². The Kier molecular flexibility index (Phi) is 4.35. The van der Waals surface area contributed by atoms with Crippen molar-refractivity contribution < 1.29 is 26.7 Å². The Bertz CT molecular complexity index is 1090. The Labute approximate surface area is 159 Å². The quantitative estimate of drug-likeness (QED) is 0.560. The highest BCUT2D eigenvalue weighted by Gasteiger charge is 2.51. The number of rotatable bonds is 5. The first-order valence-corrected chi connectivity index (χ1v) is 8.46. The van der Waals surface area contributed by atoms with E-state index in [1.807, 2.05) is 0 Å². The summed E-state index contributed by atoms with van der Waals surface area (Å²) in [7, 11) is 0. The molecule has 0 radical (unpaired) electrons. The lowest BCUT2D eigenvalue weighted by molar-refractivity contribution is -0.139. The van der Waals surface area contributed by atoms with Gasteiger partial charge in [-0.15, -0.1) is 0 Å². The van der Waals surface area contributed by atoms with Crippen LogP contribution in [0.4, 0.5) is 27.8 Å². The van der Waals surface area contributed by atoms with Crippen LogP contribution in [0.1, 0.15) is 12.8 Å². The SMILES string of the molecule is O=C(NCC(F)(F)F)C1(Nc2nc(-c3c[nH]c4ncc(F)cc34)ncc2F)CC1. The predicted molar refractivity (Wildman–Crippen MR) is 91.7 cm³/mol. The van der Waals surface area contributed by atoms with Gasteiger partial charge >= 0.3 is 6.18 Å². The highest BCUT2D eigenvalue weighted by Crippen LogP contribution is 2.40. The average Bonchev–Trinajstić information content (AvgIpc) is 3.32. The zero-order valence-electron chi connectivity index (χ0n) is 14.6. The van der Waals surface area contributed by atoms with Crippen LogP contribution in [-0.2, 0) is 4.79 Å². The predicted octanol–water partition coefficient (Wildman–Crippen LogP) is 2.92. The number of alkyl halides is 3. The van der Waals surface area contributed by atoms with Crippen molar-refractivity contribution in [1.29, 1.82) is 0 Å². The standard InChI is InChI=1S/C17H13F5N6O/c18-8-3-9-10(5-24-12(9)23-4-8)13-25-6-11(19)14(27-13)28-16(1-2-16)15(29)26-7-17(20,21)22/h3-6H,1-2,7H2,(H,23,24)(H,26,29)(H,25,27,28). The van der Waals surface area contributed by atoms with E-state index in [1.165, 1.54) is 12.3 Å². The number of halogens is 5. The van der Waals surface area contributed by atoms with Gasteiger partial charge in [-0.05, 0) is 18.9 Å². The van der Waals surface area contributed by atoms with Crippen molar-refractivity contribution >= 4 is 22.8 Å². The third kappa shape index (κ3) is 3.82. The molecule has 0 atom stereocenters. The summed E-state index contributed by atoms with van der Waals surface area (Å²) in [6, 6.07) is 1.21. The first-order chi connectivity index (χ1) is 13.7. The molecule has 0 saturated heterocycles. The molecule has 1 fully saturated rings. The second-order valence-electron chi connectivity index (χ2n) is 6.65. The summed E-state index contributed by atoms with van der Waals surface area (Å²) < 4.78 is 64.7. The van der Waals surface area contributed by atoms with Crippen molar-refractivity contribution in [2.75, 3.05) is 11.9 Å². The Morgan fingerprint density at radius 1 is 1.21 bits per heavy atom. The minimum atomic E-state index is -4.56. The molecular formula is C17H13F5N6O. The molecule has 1 aliphatic rings. The van der Waals surface area contributed by atoms with Crippen LogP contribution in [0.5, 0.6) is 0 Å². The molecule has 3 aromatic heterocycles. The maximum absolute atomic E-state index is 14.2. The van der Waals surface area contributed by atoms with Gasteiger partial charge in [0.2, 0.25) is 5.91 Å². The maximum atomic E-state index is 14.2. The molecule has 3 aromatic rings. The number of aromatic amines is 1. The van der Waals surface area contributed by atoms with Crippen molar-refractivity contribution in [2.45, 2.75) is 24.6 Å². The molecule has 4 rings (SSSR count). The van der Waals surface area contributed by atoms with Gasteiger partial charge in [0.15, 0.2) is 17.5 Å². The van der Waals surface area contributed by atoms with Gasteiger partial charge in [0.25, 0.3) is 0 Å². The van der Waals surface area contributed by atoms with Gasteiger partial charge in [-0.3, -0.25) is 4.79 Å². The molecule has 12 heteroatoms. The number of nitrogens with one attached hydrogen (secondary N) is 3. The van der Waals surface area contributed by atoms with Gasteiger partial charge in [0.05, 0.1) is 12.4 Å². The van der Waals surface area contributed by atoms with Gasteiger partial charge in [-0.1, -0.05) is 0 Å². The van der Waals surface area contributed by atoms with E-state index in [9.17, 15) is 26.7 Å². The van der Waals surface area contributed by atoms with E-state index in [2.05, 4.69) is 25.3 Å². The normalized spacial score (nSPS) is 15.3. The van der Waals surface area contributed by atoms with E-state index in [-0.39, 0.29) is 24.5 Å². The molecule has 1 saturated carbocycles. The maximum Gasteiger partial charge on any atom is 0.405 e. The number of hydrogen-bond acceptors (Lipinski definition) is 5. The van der Waals surface area contributed by atoms with Crippen LogP contribution in [0, 0.1) is 11.6 Å². The van der Waals surface area contributed by atoms with E-state index in [0.717, 1.165) is 12.4 Å². The first-order valence-electron chi connectivity index (χ1n) is 8.46. The summed E-state index contributed by atoms with van der Waals surface area (Å²) in [4.78, 5) is 26.7. The third-order valence-corrected chi connectivity index (χ3v) is 4.47. The molecule has 3 heterocycles. The van der Waals surface area contributed by atoms with Crippen LogP contribution in [0.3, 0.4) is 0 Å². The highest BCUT2D eigenvalue weighted by atomic mass is 19.4. The number of carbonyl (C=O) groups is 1. The lowest BCUT2D eigenvalue weighted by Gasteiger charge is -2.19. The average molecular weight is 412 g/mol. The van der Waals surface area contributed by atoms with Crippen molar-refractivity contribution in [3.05, 3.63) is 36.3 Å². The number of amides is 1. The fraction of sp³-hybridized carbons (Fsp3) is 0.294. The minimum absolute atomic E-state index is 0.0269. The summed E-state index contributed by atoms with van der Waals surface area (Å²) in [5.41, 5.74) is -0.651. The van der Waals surface area contributed by atoms with Gasteiger partial charge in [-0.25, -0.2) is 23.7 Å². The van der Waals surface area contributed by atoms with E-state index in [1.54, 1.807) is 5.32 Å². The summed E-state index contributed by atoms with van der Waals surface area (Å²) in [6.45, 7) is -1.49. The van der Waals surface area contributed by atoms with Crippen molar-refractivity contribution in [3.63, 3.8) is 0 Å². The minimum Gasteiger partial charge on any atom is -0.353 e. The molecule has 1 amide bonds. The van der Waals surface area contributed by atoms with E-state index >= 15 is 0 Å². The third-order valence-electron chi connectivity index (χ3n) is 4.47. The second kappa shape index (κ2) is 6.64. The fourth-order valence-electron chi connectivity index (χ4n) is 2.86. The molecule has 152 valence electrons. The Balaban J connectivity index is 1.61. The largest absolute Gasteiger partial charge is 0.405 e. The van der Waals surface area contributed by atoms with E-state index in [4.69, 9.17) is 0 Å². The lowest BCUT2D eigenvalue weighted by Crippen LogP contribution is -2.45. The van der Waals surface area contributed by atoms with Crippen LogP contribution in [0.2, 0.25) is 0 Å². The van der Waals surface area contributed by atoms with Crippen LogP contribution in [0.25, 0.3) is 22.4 Å². The van der Waals surface area contributed by atoms with Gasteiger partial charge < -0.3 is 15.6 Å². The second-order valence-corrected chi connectivity index (χ2v) is 6.65. The zero-order chi connectivity index (χ0) is 20.8. The van der Waals surface area contributed by atoms with Crippen molar-refractivity contribution in [1.82, 2.24) is 25.3 Å². The number of aromatic nitrogens is 4. The summed E-state index contributed by atoms with van der Waals surface area (Å²) in [5.74, 6) is -2.68. The number of pyridine rings is 1. The number of hydrogen-bond donors (Lipinski definition) is 3. The summed E-state index contributed by atoms with van der Waals surface area (Å²) >= 11 is 0. The van der Waals surface area contributed by atoms with E-state index < -0.39 is 35.8 Å². The van der Waals surface area contributed by atoms with E-state index in [0.29, 0.717) is 16.6 Å². The van der Waals surface area contributed by atoms with Crippen LogP contribution >= 0.6 is 0 Å². The molecular weight excluding hydrogens is 399 g/mol. The number of nitrogens with zero attached hydrogens (tertiary/aromatic N) is 3. The molecule has 0 spiro atoms. The fourth-order valence-corrected chi connectivity index (χ4v) is 2.86. The number of carbonyl (C=O) groups excluding carboxylic acids is 1. The van der Waals surface area contributed by atoms with Crippen LogP contribution in [-0.4, -0.2) is 44.1 Å². The Hall–Kier alpha value is -3.31. The molecule has 7 nitrogen and oxygen atoms in total. The zero-order valence-corrected chi connectivity index (χ0v) is 14.6. The van der Waals surface area contributed by atoms with Crippen LogP contribution < -0.4 is 10.6 Å². The molecule has 0 aliphatic heterocycles. The molecule has 0 aromatic carbocycles. The molecule has 1 aliphatic carbocycles.